The van der Waals surface area contributed by atoms with Crippen LogP contribution in [0, 0.1) is 20.8 Å². The van der Waals surface area contributed by atoms with Crippen LogP contribution in [0.4, 0.5) is 17.1 Å². The van der Waals surface area contributed by atoms with E-state index in [2.05, 4.69) is 5.32 Å². The molecule has 0 saturated carbocycles. The molecular weight excluding hydrogens is 518 g/mol. The second-order valence-corrected chi connectivity index (χ2v) is 10.6. The van der Waals surface area contributed by atoms with Gasteiger partial charge < -0.3 is 10.1 Å². The molecule has 200 valence electrons. The number of hydrogen-bond acceptors (Lipinski definition) is 5. The summed E-state index contributed by atoms with van der Waals surface area (Å²) >= 11 is 1.33. The number of nitrogens with zero attached hydrogens (tertiary/aromatic N) is 2. The molecule has 1 N–H and O–H groups in total. The number of aliphatic imine (C=N–C) groups is 1. The zero-order valence-electron chi connectivity index (χ0n) is 22.5. The highest BCUT2D eigenvalue weighted by Crippen LogP contribution is 2.37. The largest absolute Gasteiger partial charge is 0.484 e. The molecule has 1 heterocycles. The van der Waals surface area contributed by atoms with Gasteiger partial charge in [-0.25, -0.2) is 4.99 Å². The molecule has 2 amide bonds. The van der Waals surface area contributed by atoms with Gasteiger partial charge in [0.15, 0.2) is 11.8 Å². The SMILES string of the molecule is Cc1ccc(N=C2S/C(=C\c3cccc(OCC(=O)Nc4ccc(C)cc4)c3)C(=O)N2c2ccc(C)cc2)cc1. The lowest BCUT2D eigenvalue weighted by atomic mass is 10.2. The maximum Gasteiger partial charge on any atom is 0.271 e. The highest BCUT2D eigenvalue weighted by molar-refractivity contribution is 8.19. The third-order valence-corrected chi connectivity index (χ3v) is 7.19. The van der Waals surface area contributed by atoms with Crippen molar-refractivity contribution >= 4 is 51.9 Å². The predicted octanol–water partition coefficient (Wildman–Crippen LogP) is 7.44. The normalized spacial score (nSPS) is 15.1. The zero-order chi connectivity index (χ0) is 28.1. The zero-order valence-corrected chi connectivity index (χ0v) is 23.4. The second-order valence-electron chi connectivity index (χ2n) is 9.59. The summed E-state index contributed by atoms with van der Waals surface area (Å²) in [6.07, 6.45) is 1.82. The molecule has 1 saturated heterocycles. The standard InChI is InChI=1S/C33H29N3O3S/c1-22-7-13-26(14-8-22)34-31(37)21-39-29-6-4-5-25(19-29)20-30-32(38)36(28-17-11-24(3)12-18-28)33(40-30)35-27-15-9-23(2)10-16-27/h4-20H,21H2,1-3H3,(H,34,37)/b30-20-,35-33?. The van der Waals surface area contributed by atoms with Crippen molar-refractivity contribution in [2.24, 2.45) is 4.99 Å². The molecule has 0 bridgehead atoms. The number of rotatable bonds is 7. The van der Waals surface area contributed by atoms with Gasteiger partial charge in [-0.3, -0.25) is 14.5 Å². The van der Waals surface area contributed by atoms with Crippen LogP contribution in [0.2, 0.25) is 0 Å². The number of hydrogen-bond donors (Lipinski definition) is 1. The Balaban J connectivity index is 1.35. The van der Waals surface area contributed by atoms with Crippen LogP contribution >= 0.6 is 11.8 Å². The summed E-state index contributed by atoms with van der Waals surface area (Å²) in [5, 5.41) is 3.41. The van der Waals surface area contributed by atoms with Crippen molar-refractivity contribution in [1.82, 2.24) is 0 Å². The number of amidine groups is 1. The third kappa shape index (κ3) is 6.68. The Morgan fingerprint density at radius 1 is 0.875 bits per heavy atom. The molecule has 0 aromatic heterocycles. The molecule has 0 aliphatic carbocycles. The van der Waals surface area contributed by atoms with Crippen molar-refractivity contribution in [3.05, 3.63) is 124 Å². The van der Waals surface area contributed by atoms with Gasteiger partial charge in [-0.05, 0) is 92.7 Å². The molecule has 5 rings (SSSR count). The fourth-order valence-corrected chi connectivity index (χ4v) is 5.03. The average Bonchev–Trinajstić information content (AvgIpc) is 3.24. The second kappa shape index (κ2) is 12.1. The molecule has 7 heteroatoms. The lowest BCUT2D eigenvalue weighted by molar-refractivity contribution is -0.118. The summed E-state index contributed by atoms with van der Waals surface area (Å²) in [4.78, 5) is 33.0. The summed E-state index contributed by atoms with van der Waals surface area (Å²) in [6.45, 7) is 5.90. The molecule has 1 fully saturated rings. The molecule has 1 aliphatic rings. The van der Waals surface area contributed by atoms with Gasteiger partial charge in [-0.1, -0.05) is 65.2 Å². The minimum atomic E-state index is -0.250. The quantitative estimate of drug-likeness (QED) is 0.244. The van der Waals surface area contributed by atoms with Crippen LogP contribution in [0.5, 0.6) is 5.75 Å². The van der Waals surface area contributed by atoms with Crippen LogP contribution in [0.3, 0.4) is 0 Å². The lowest BCUT2D eigenvalue weighted by Crippen LogP contribution is -2.28. The molecule has 40 heavy (non-hydrogen) atoms. The molecule has 6 nitrogen and oxygen atoms in total. The van der Waals surface area contributed by atoms with E-state index in [9.17, 15) is 9.59 Å². The van der Waals surface area contributed by atoms with E-state index in [0.29, 0.717) is 15.8 Å². The van der Waals surface area contributed by atoms with Crippen molar-refractivity contribution in [2.75, 3.05) is 16.8 Å². The minimum absolute atomic E-state index is 0.129. The van der Waals surface area contributed by atoms with Crippen molar-refractivity contribution in [2.45, 2.75) is 20.8 Å². The Hall–Kier alpha value is -4.62. The first kappa shape index (κ1) is 27.0. The molecule has 0 atom stereocenters. The molecule has 1 aliphatic heterocycles. The van der Waals surface area contributed by atoms with Gasteiger partial charge in [-0.2, -0.15) is 0 Å². The number of anilines is 2. The average molecular weight is 548 g/mol. The van der Waals surface area contributed by atoms with Gasteiger partial charge >= 0.3 is 0 Å². The molecule has 4 aromatic rings. The number of benzene rings is 4. The van der Waals surface area contributed by atoms with E-state index in [4.69, 9.17) is 9.73 Å². The van der Waals surface area contributed by atoms with E-state index in [0.717, 1.165) is 39.3 Å². The van der Waals surface area contributed by atoms with Crippen molar-refractivity contribution in [3.63, 3.8) is 0 Å². The van der Waals surface area contributed by atoms with Gasteiger partial charge in [0.2, 0.25) is 0 Å². The van der Waals surface area contributed by atoms with E-state index in [1.54, 1.807) is 11.0 Å². The van der Waals surface area contributed by atoms with Crippen LogP contribution in [0.1, 0.15) is 22.3 Å². The summed E-state index contributed by atoms with van der Waals surface area (Å²) in [5.41, 5.74) is 6.41. The maximum atomic E-state index is 13.6. The van der Waals surface area contributed by atoms with Crippen molar-refractivity contribution in [3.8, 4) is 5.75 Å². The maximum absolute atomic E-state index is 13.6. The number of aryl methyl sites for hydroxylation is 3. The highest BCUT2D eigenvalue weighted by Gasteiger charge is 2.34. The Morgan fingerprint density at radius 2 is 1.50 bits per heavy atom. The molecule has 0 radical (unpaired) electrons. The smallest absolute Gasteiger partial charge is 0.271 e. The van der Waals surface area contributed by atoms with Gasteiger partial charge in [0, 0.05) is 5.69 Å². The Morgan fingerprint density at radius 3 is 2.17 bits per heavy atom. The first-order chi connectivity index (χ1) is 19.3. The monoisotopic (exact) mass is 547 g/mol. The number of carbonyl (C=O) groups excluding carboxylic acids is 2. The molecule has 0 unspecified atom stereocenters. The van der Waals surface area contributed by atoms with Crippen LogP contribution in [-0.2, 0) is 9.59 Å². The number of thioether (sulfide) groups is 1. The molecule has 0 spiro atoms. The van der Waals surface area contributed by atoms with Gasteiger partial charge in [0.05, 0.1) is 16.3 Å². The van der Waals surface area contributed by atoms with Crippen LogP contribution in [0.25, 0.3) is 6.08 Å². The van der Waals surface area contributed by atoms with Crippen molar-refractivity contribution in [1.29, 1.82) is 0 Å². The number of carbonyl (C=O) groups is 2. The van der Waals surface area contributed by atoms with Gasteiger partial charge in [-0.15, -0.1) is 0 Å². The first-order valence-corrected chi connectivity index (χ1v) is 13.7. The number of nitrogens with one attached hydrogen (secondary N) is 1. The lowest BCUT2D eigenvalue weighted by Gasteiger charge is -2.16. The fourth-order valence-electron chi connectivity index (χ4n) is 4.03. The Labute approximate surface area is 238 Å². The number of amides is 2. The first-order valence-electron chi connectivity index (χ1n) is 12.9. The van der Waals surface area contributed by atoms with Crippen LogP contribution in [-0.4, -0.2) is 23.6 Å². The predicted molar refractivity (Wildman–Crippen MR) is 164 cm³/mol. The summed E-state index contributed by atoms with van der Waals surface area (Å²) in [5.74, 6) is 0.135. The van der Waals surface area contributed by atoms with Crippen molar-refractivity contribution < 1.29 is 14.3 Å². The highest BCUT2D eigenvalue weighted by atomic mass is 32.2. The number of ether oxygens (including phenoxy) is 1. The molecular formula is C33H29N3O3S. The Bertz CT molecular complexity index is 1590. The van der Waals surface area contributed by atoms with Crippen LogP contribution in [0.15, 0.2) is 107 Å². The third-order valence-electron chi connectivity index (χ3n) is 6.22. The van der Waals surface area contributed by atoms with E-state index >= 15 is 0 Å². The topological polar surface area (TPSA) is 71.0 Å². The minimum Gasteiger partial charge on any atom is -0.484 e. The summed E-state index contributed by atoms with van der Waals surface area (Å²) in [7, 11) is 0. The van der Waals surface area contributed by atoms with E-state index in [1.807, 2.05) is 118 Å². The van der Waals surface area contributed by atoms with E-state index in [1.165, 1.54) is 11.8 Å². The summed E-state index contributed by atoms with van der Waals surface area (Å²) < 4.78 is 5.74. The molecule has 4 aromatic carbocycles. The Kier molecular flexibility index (Phi) is 8.12. The van der Waals surface area contributed by atoms with E-state index in [-0.39, 0.29) is 18.4 Å². The van der Waals surface area contributed by atoms with Crippen LogP contribution < -0.4 is 15.0 Å². The van der Waals surface area contributed by atoms with Gasteiger partial charge in [0.25, 0.3) is 11.8 Å². The fraction of sp³-hybridized carbons (Fsp3) is 0.121. The van der Waals surface area contributed by atoms with Gasteiger partial charge in [0.1, 0.15) is 5.75 Å². The van der Waals surface area contributed by atoms with E-state index < -0.39 is 0 Å². The summed E-state index contributed by atoms with van der Waals surface area (Å²) in [6, 6.07) is 30.6.